The Kier molecular flexibility index (Phi) is 7.31. The van der Waals surface area contributed by atoms with E-state index in [1.54, 1.807) is 0 Å². The molecule has 0 unspecified atom stereocenters. The molecular formula is C23H31N3O2. The van der Waals surface area contributed by atoms with Crippen molar-refractivity contribution in [3.05, 3.63) is 60.2 Å². The highest BCUT2D eigenvalue weighted by Crippen LogP contribution is 2.18. The molecule has 1 fully saturated rings. The van der Waals surface area contributed by atoms with E-state index in [-0.39, 0.29) is 12.0 Å². The van der Waals surface area contributed by atoms with Crippen LogP contribution in [0.4, 0.5) is 5.69 Å². The molecule has 0 saturated carbocycles. The lowest BCUT2D eigenvalue weighted by Gasteiger charge is -2.36. The van der Waals surface area contributed by atoms with Gasteiger partial charge in [0.25, 0.3) is 0 Å². The Labute approximate surface area is 168 Å². The fraction of sp³-hybridized carbons (Fsp3) is 0.435. The van der Waals surface area contributed by atoms with Gasteiger partial charge in [0.2, 0.25) is 5.91 Å². The number of piperazine rings is 1. The number of hydrogen-bond donors (Lipinski definition) is 1. The number of hydrogen-bond acceptors (Lipinski definition) is 4. The first-order valence-electron chi connectivity index (χ1n) is 10.2. The standard InChI is InChI=1S/C23H31N3O2/c1-3-23(27)24-17-19(2)28-22-11-9-20(10-12-22)18-25-13-15-26(16-14-25)21-7-5-4-6-8-21/h4-12,19H,3,13-18H2,1-2H3,(H,24,27)/t19-/m1/s1. The van der Waals surface area contributed by atoms with E-state index >= 15 is 0 Å². The van der Waals surface area contributed by atoms with Gasteiger partial charge in [-0.3, -0.25) is 9.69 Å². The first kappa shape index (κ1) is 20.2. The van der Waals surface area contributed by atoms with Gasteiger partial charge in [-0.05, 0) is 36.8 Å². The number of amides is 1. The topological polar surface area (TPSA) is 44.8 Å². The van der Waals surface area contributed by atoms with Crippen LogP contribution in [-0.4, -0.2) is 49.6 Å². The maximum absolute atomic E-state index is 11.3. The van der Waals surface area contributed by atoms with Gasteiger partial charge >= 0.3 is 0 Å². The molecular weight excluding hydrogens is 350 g/mol. The minimum Gasteiger partial charge on any atom is -0.489 e. The summed E-state index contributed by atoms with van der Waals surface area (Å²) < 4.78 is 5.88. The first-order chi connectivity index (χ1) is 13.6. The molecule has 150 valence electrons. The Hall–Kier alpha value is -2.53. The third-order valence-electron chi connectivity index (χ3n) is 5.07. The minimum absolute atomic E-state index is 0.0487. The summed E-state index contributed by atoms with van der Waals surface area (Å²) in [5.74, 6) is 0.897. The van der Waals surface area contributed by atoms with E-state index < -0.39 is 0 Å². The molecule has 0 aliphatic carbocycles. The highest BCUT2D eigenvalue weighted by molar-refractivity contribution is 5.75. The Balaban J connectivity index is 1.43. The summed E-state index contributed by atoms with van der Waals surface area (Å²) in [5.41, 5.74) is 2.61. The predicted octanol–water partition coefficient (Wildman–Crippen LogP) is 3.30. The quantitative estimate of drug-likeness (QED) is 0.762. The van der Waals surface area contributed by atoms with Gasteiger partial charge in [-0.1, -0.05) is 37.3 Å². The monoisotopic (exact) mass is 381 g/mol. The number of nitrogens with zero attached hydrogens (tertiary/aromatic N) is 2. The number of rotatable bonds is 8. The van der Waals surface area contributed by atoms with E-state index in [4.69, 9.17) is 4.74 Å². The van der Waals surface area contributed by atoms with Crippen LogP contribution in [0, 0.1) is 0 Å². The molecule has 1 N–H and O–H groups in total. The van der Waals surface area contributed by atoms with Gasteiger partial charge in [0.15, 0.2) is 0 Å². The molecule has 1 aliphatic rings. The summed E-state index contributed by atoms with van der Waals surface area (Å²) >= 11 is 0. The van der Waals surface area contributed by atoms with Gasteiger partial charge in [0.05, 0.1) is 6.54 Å². The van der Waals surface area contributed by atoms with E-state index in [0.29, 0.717) is 13.0 Å². The van der Waals surface area contributed by atoms with Crippen molar-refractivity contribution < 1.29 is 9.53 Å². The number of anilines is 1. The molecule has 5 heteroatoms. The SMILES string of the molecule is CCC(=O)NC[C@@H](C)Oc1ccc(CN2CCN(c3ccccc3)CC2)cc1. The first-order valence-corrected chi connectivity index (χ1v) is 10.2. The minimum atomic E-state index is -0.0487. The summed E-state index contributed by atoms with van der Waals surface area (Å²) in [6, 6.07) is 18.9. The van der Waals surface area contributed by atoms with E-state index in [1.807, 2.05) is 26.0 Å². The Morgan fingerprint density at radius 1 is 1.04 bits per heavy atom. The molecule has 1 atom stereocenters. The van der Waals surface area contributed by atoms with Crippen LogP contribution in [0.3, 0.4) is 0 Å². The molecule has 2 aromatic rings. The summed E-state index contributed by atoms with van der Waals surface area (Å²) in [5, 5.41) is 2.86. The van der Waals surface area contributed by atoms with E-state index in [2.05, 4.69) is 57.6 Å². The molecule has 1 aliphatic heterocycles. The van der Waals surface area contributed by atoms with Crippen molar-refractivity contribution >= 4 is 11.6 Å². The number of carbonyl (C=O) groups is 1. The lowest BCUT2D eigenvalue weighted by atomic mass is 10.2. The van der Waals surface area contributed by atoms with E-state index in [1.165, 1.54) is 11.3 Å². The molecule has 3 rings (SSSR count). The van der Waals surface area contributed by atoms with Crippen LogP contribution in [0.15, 0.2) is 54.6 Å². The Morgan fingerprint density at radius 2 is 1.71 bits per heavy atom. The highest BCUT2D eigenvalue weighted by atomic mass is 16.5. The van der Waals surface area contributed by atoms with Crippen molar-refractivity contribution in [1.82, 2.24) is 10.2 Å². The molecule has 0 aromatic heterocycles. The Bertz CT molecular complexity index is 725. The third kappa shape index (κ3) is 5.99. The molecule has 1 saturated heterocycles. The summed E-state index contributed by atoms with van der Waals surface area (Å²) in [4.78, 5) is 16.3. The van der Waals surface area contributed by atoms with Crippen LogP contribution in [0.25, 0.3) is 0 Å². The normalized spacial score (nSPS) is 15.9. The van der Waals surface area contributed by atoms with Crippen LogP contribution in [0.5, 0.6) is 5.75 Å². The lowest BCUT2D eigenvalue weighted by Crippen LogP contribution is -2.45. The maximum atomic E-state index is 11.3. The number of benzene rings is 2. The molecule has 0 bridgehead atoms. The average molecular weight is 382 g/mol. The second kappa shape index (κ2) is 10.1. The van der Waals surface area contributed by atoms with E-state index in [0.717, 1.165) is 38.5 Å². The van der Waals surface area contributed by atoms with Crippen LogP contribution < -0.4 is 15.0 Å². The van der Waals surface area contributed by atoms with Gasteiger partial charge in [0.1, 0.15) is 11.9 Å². The van der Waals surface area contributed by atoms with Crippen LogP contribution >= 0.6 is 0 Å². The second-order valence-electron chi connectivity index (χ2n) is 7.33. The Morgan fingerprint density at radius 3 is 2.36 bits per heavy atom. The molecule has 28 heavy (non-hydrogen) atoms. The van der Waals surface area contributed by atoms with Gasteiger partial charge in [-0.2, -0.15) is 0 Å². The third-order valence-corrected chi connectivity index (χ3v) is 5.07. The van der Waals surface area contributed by atoms with Crippen molar-refractivity contribution in [2.45, 2.75) is 32.9 Å². The van der Waals surface area contributed by atoms with Gasteiger partial charge < -0.3 is 15.0 Å². The highest BCUT2D eigenvalue weighted by Gasteiger charge is 2.17. The van der Waals surface area contributed by atoms with Crippen molar-refractivity contribution in [2.24, 2.45) is 0 Å². The molecule has 0 spiro atoms. The van der Waals surface area contributed by atoms with E-state index in [9.17, 15) is 4.79 Å². The molecule has 1 amide bonds. The van der Waals surface area contributed by atoms with Crippen LogP contribution in [0.2, 0.25) is 0 Å². The zero-order valence-electron chi connectivity index (χ0n) is 16.9. The fourth-order valence-corrected chi connectivity index (χ4v) is 3.39. The van der Waals surface area contributed by atoms with Crippen molar-refractivity contribution in [2.75, 3.05) is 37.6 Å². The van der Waals surface area contributed by atoms with Gasteiger partial charge in [-0.25, -0.2) is 0 Å². The summed E-state index contributed by atoms with van der Waals surface area (Å²) in [7, 11) is 0. The number of para-hydroxylation sites is 1. The zero-order chi connectivity index (χ0) is 19.8. The zero-order valence-corrected chi connectivity index (χ0v) is 16.9. The molecule has 2 aromatic carbocycles. The number of carbonyl (C=O) groups excluding carboxylic acids is 1. The summed E-state index contributed by atoms with van der Waals surface area (Å²) in [6.07, 6.45) is 0.452. The molecule has 1 heterocycles. The number of nitrogens with one attached hydrogen (secondary N) is 1. The van der Waals surface area contributed by atoms with Crippen LogP contribution in [-0.2, 0) is 11.3 Å². The largest absolute Gasteiger partial charge is 0.489 e. The van der Waals surface area contributed by atoms with Crippen molar-refractivity contribution in [3.8, 4) is 5.75 Å². The average Bonchev–Trinajstić information content (AvgIpc) is 2.74. The second-order valence-corrected chi connectivity index (χ2v) is 7.33. The smallest absolute Gasteiger partial charge is 0.219 e. The lowest BCUT2D eigenvalue weighted by molar-refractivity contribution is -0.121. The predicted molar refractivity (Wildman–Crippen MR) is 114 cm³/mol. The fourth-order valence-electron chi connectivity index (χ4n) is 3.39. The van der Waals surface area contributed by atoms with Crippen molar-refractivity contribution in [3.63, 3.8) is 0 Å². The number of ether oxygens (including phenoxy) is 1. The van der Waals surface area contributed by atoms with Crippen LogP contribution in [0.1, 0.15) is 25.8 Å². The molecule has 0 radical (unpaired) electrons. The van der Waals surface area contributed by atoms with Gasteiger partial charge in [-0.15, -0.1) is 0 Å². The summed E-state index contributed by atoms with van der Waals surface area (Å²) in [6.45, 7) is 9.57. The van der Waals surface area contributed by atoms with Crippen molar-refractivity contribution in [1.29, 1.82) is 0 Å². The van der Waals surface area contributed by atoms with Gasteiger partial charge in [0, 0.05) is 44.8 Å². The maximum Gasteiger partial charge on any atom is 0.219 e. The molecule has 5 nitrogen and oxygen atoms in total.